The minimum absolute atomic E-state index is 0.172. The Hall–Kier alpha value is -0.420. The van der Waals surface area contributed by atoms with Crippen LogP contribution < -0.4 is 0 Å². The first-order valence-electron chi connectivity index (χ1n) is 2.43. The fourth-order valence-corrected chi connectivity index (χ4v) is 0.760. The summed E-state index contributed by atoms with van der Waals surface area (Å²) in [5.41, 5.74) is 0. The Morgan fingerprint density at radius 1 is 1.78 bits per heavy atom. The van der Waals surface area contributed by atoms with E-state index in [-0.39, 0.29) is 6.42 Å². The molecule has 0 saturated heterocycles. The van der Waals surface area contributed by atoms with E-state index in [1.54, 1.807) is 6.92 Å². The van der Waals surface area contributed by atoms with Gasteiger partial charge in [0.2, 0.25) is 0 Å². The number of nitrogens with zero attached hydrogens (tertiary/aromatic N) is 1. The quantitative estimate of drug-likeness (QED) is 0.593. The highest BCUT2D eigenvalue weighted by Crippen LogP contribution is 1.87. The molecule has 5 heteroatoms. The molecule has 0 spiro atoms. The third-order valence-electron chi connectivity index (χ3n) is 0.574. The van der Waals surface area contributed by atoms with Gasteiger partial charge in [-0.3, -0.25) is 4.79 Å². The molecule has 4 nitrogen and oxygen atoms in total. The molecule has 0 heterocycles. The number of carbonyl (C=O) groups is 1. The van der Waals surface area contributed by atoms with E-state index in [0.717, 1.165) is 6.26 Å². The second-order valence-corrected chi connectivity index (χ2v) is 3.31. The van der Waals surface area contributed by atoms with Crippen molar-refractivity contribution < 1.29 is 13.6 Å². The molecule has 0 aliphatic carbocycles. The summed E-state index contributed by atoms with van der Waals surface area (Å²) in [6, 6.07) is 0. The topological polar surface area (TPSA) is 66.7 Å². The van der Waals surface area contributed by atoms with Gasteiger partial charge in [0.1, 0.15) is 0 Å². The SMILES string of the molecule is CCC(=O)N=S(C)(=O)O. The van der Waals surface area contributed by atoms with Gasteiger partial charge in [0.05, 0.1) is 0 Å². The van der Waals surface area contributed by atoms with Gasteiger partial charge in [0.15, 0.2) is 10.0 Å². The van der Waals surface area contributed by atoms with Crippen molar-refractivity contribution in [3.8, 4) is 0 Å². The Morgan fingerprint density at radius 2 is 2.22 bits per heavy atom. The van der Waals surface area contributed by atoms with Crippen LogP contribution in [0.4, 0.5) is 0 Å². The highest BCUT2D eigenvalue weighted by molar-refractivity contribution is 7.87. The van der Waals surface area contributed by atoms with Gasteiger partial charge in [-0.2, -0.15) is 0 Å². The van der Waals surface area contributed by atoms with E-state index < -0.39 is 15.9 Å². The van der Waals surface area contributed by atoms with Gasteiger partial charge in [-0.1, -0.05) is 6.92 Å². The smallest absolute Gasteiger partial charge is 0.255 e. The standard InChI is InChI=1S/C4H9NO3S/c1-3-4(6)5-9(2,7)8/h3H2,1-2H3,(H,5,6,7,8). The average Bonchev–Trinajstić information content (AvgIpc) is 1.62. The summed E-state index contributed by atoms with van der Waals surface area (Å²) in [6.45, 7) is 1.58. The van der Waals surface area contributed by atoms with Crippen molar-refractivity contribution in [3.63, 3.8) is 0 Å². The molecule has 1 amide bonds. The minimum atomic E-state index is -3.21. The van der Waals surface area contributed by atoms with Crippen LogP contribution in [0.1, 0.15) is 13.3 Å². The summed E-state index contributed by atoms with van der Waals surface area (Å²) in [7, 11) is -3.21. The predicted octanol–water partition coefficient (Wildman–Crippen LogP) is 0.494. The zero-order chi connectivity index (χ0) is 7.49. The van der Waals surface area contributed by atoms with E-state index in [9.17, 15) is 9.00 Å². The van der Waals surface area contributed by atoms with Crippen molar-refractivity contribution in [3.05, 3.63) is 0 Å². The molecule has 1 unspecified atom stereocenters. The molecular weight excluding hydrogens is 142 g/mol. The summed E-state index contributed by atoms with van der Waals surface area (Å²) >= 11 is 0. The lowest BCUT2D eigenvalue weighted by Crippen LogP contribution is -1.98. The van der Waals surface area contributed by atoms with Gasteiger partial charge < -0.3 is 4.55 Å². The fourth-order valence-electron chi connectivity index (χ4n) is 0.253. The van der Waals surface area contributed by atoms with Crippen LogP contribution in [0.5, 0.6) is 0 Å². The summed E-state index contributed by atoms with van der Waals surface area (Å²) in [5, 5.41) is 0. The molecule has 0 radical (unpaired) electrons. The molecule has 0 aromatic rings. The molecule has 0 aliphatic heterocycles. The monoisotopic (exact) mass is 151 g/mol. The van der Waals surface area contributed by atoms with Crippen LogP contribution in [0, 0.1) is 0 Å². The van der Waals surface area contributed by atoms with E-state index in [1.807, 2.05) is 0 Å². The van der Waals surface area contributed by atoms with Crippen molar-refractivity contribution >= 4 is 15.9 Å². The zero-order valence-corrected chi connectivity index (χ0v) is 6.14. The van der Waals surface area contributed by atoms with Crippen LogP contribution in [-0.2, 0) is 14.8 Å². The molecule has 0 rings (SSSR count). The number of hydrogen-bond donors (Lipinski definition) is 1. The molecule has 0 fully saturated rings. The summed E-state index contributed by atoms with van der Waals surface area (Å²) in [5.74, 6) is -0.537. The molecule has 9 heavy (non-hydrogen) atoms. The van der Waals surface area contributed by atoms with Gasteiger partial charge in [0.25, 0.3) is 5.91 Å². The van der Waals surface area contributed by atoms with Crippen LogP contribution in [0.2, 0.25) is 0 Å². The predicted molar refractivity (Wildman–Crippen MR) is 34.4 cm³/mol. The second-order valence-electron chi connectivity index (χ2n) is 1.60. The number of hydrogen-bond acceptors (Lipinski definition) is 2. The van der Waals surface area contributed by atoms with E-state index in [0.29, 0.717) is 0 Å². The fraction of sp³-hybridized carbons (Fsp3) is 0.750. The van der Waals surface area contributed by atoms with Gasteiger partial charge in [-0.15, -0.1) is 4.36 Å². The Morgan fingerprint density at radius 3 is 2.33 bits per heavy atom. The van der Waals surface area contributed by atoms with E-state index in [2.05, 4.69) is 4.36 Å². The Kier molecular flexibility index (Phi) is 2.80. The van der Waals surface area contributed by atoms with Crippen LogP contribution in [0.25, 0.3) is 0 Å². The van der Waals surface area contributed by atoms with Crippen molar-refractivity contribution in [2.75, 3.05) is 6.26 Å². The highest BCUT2D eigenvalue weighted by Gasteiger charge is 1.97. The van der Waals surface area contributed by atoms with Crippen molar-refractivity contribution in [2.24, 2.45) is 4.36 Å². The molecule has 0 aromatic heterocycles. The van der Waals surface area contributed by atoms with Gasteiger partial charge in [-0.25, -0.2) is 4.21 Å². The molecule has 0 bridgehead atoms. The largest absolute Gasteiger partial charge is 0.300 e. The molecule has 0 aliphatic rings. The minimum Gasteiger partial charge on any atom is -0.300 e. The Balaban J connectivity index is 4.33. The van der Waals surface area contributed by atoms with Crippen molar-refractivity contribution in [1.82, 2.24) is 0 Å². The number of amides is 1. The van der Waals surface area contributed by atoms with Crippen LogP contribution in [0.15, 0.2) is 4.36 Å². The Bertz CT molecular complexity index is 206. The molecule has 54 valence electrons. The second kappa shape index (κ2) is 2.93. The van der Waals surface area contributed by atoms with Gasteiger partial charge in [-0.05, 0) is 0 Å². The summed E-state index contributed by atoms with van der Waals surface area (Å²) < 4.78 is 21.8. The first kappa shape index (κ1) is 8.58. The highest BCUT2D eigenvalue weighted by atomic mass is 32.2. The van der Waals surface area contributed by atoms with Crippen molar-refractivity contribution in [2.45, 2.75) is 13.3 Å². The van der Waals surface area contributed by atoms with E-state index in [1.165, 1.54) is 0 Å². The third-order valence-corrected chi connectivity index (χ3v) is 1.12. The molecule has 0 aromatic carbocycles. The molecule has 0 saturated carbocycles. The van der Waals surface area contributed by atoms with Crippen LogP contribution >= 0.6 is 0 Å². The number of carbonyl (C=O) groups excluding carboxylic acids is 1. The molecule has 1 N–H and O–H groups in total. The van der Waals surface area contributed by atoms with Crippen LogP contribution in [0.3, 0.4) is 0 Å². The average molecular weight is 151 g/mol. The lowest BCUT2D eigenvalue weighted by atomic mass is 10.5. The summed E-state index contributed by atoms with van der Waals surface area (Å²) in [6.07, 6.45) is 1.17. The lowest BCUT2D eigenvalue weighted by molar-refractivity contribution is -0.117. The van der Waals surface area contributed by atoms with Gasteiger partial charge >= 0.3 is 0 Å². The van der Waals surface area contributed by atoms with Crippen molar-refractivity contribution in [1.29, 1.82) is 0 Å². The van der Waals surface area contributed by atoms with E-state index in [4.69, 9.17) is 4.55 Å². The Labute approximate surface area is 54.3 Å². The maximum absolute atomic E-state index is 10.3. The maximum atomic E-state index is 10.3. The van der Waals surface area contributed by atoms with E-state index >= 15 is 0 Å². The lowest BCUT2D eigenvalue weighted by Gasteiger charge is -1.88. The summed E-state index contributed by atoms with van der Waals surface area (Å²) in [4.78, 5) is 10.3. The molecule has 1 atom stereocenters. The van der Waals surface area contributed by atoms with Gasteiger partial charge in [0, 0.05) is 12.7 Å². The first-order chi connectivity index (χ1) is 3.95. The molecular formula is C4H9NO3S. The third kappa shape index (κ3) is 5.45. The number of rotatable bonds is 1. The van der Waals surface area contributed by atoms with Crippen LogP contribution in [-0.4, -0.2) is 20.9 Å². The maximum Gasteiger partial charge on any atom is 0.255 e. The first-order valence-corrected chi connectivity index (χ1v) is 4.31. The zero-order valence-electron chi connectivity index (χ0n) is 5.33. The normalized spacial score (nSPS) is 16.3.